The van der Waals surface area contributed by atoms with E-state index in [9.17, 15) is 14.4 Å². The van der Waals surface area contributed by atoms with E-state index in [-0.39, 0.29) is 36.0 Å². The average molecular weight is 444 g/mol. The van der Waals surface area contributed by atoms with Gasteiger partial charge in [0, 0.05) is 19.9 Å². The molecule has 0 aromatic heterocycles. The van der Waals surface area contributed by atoms with Crippen molar-refractivity contribution >= 4 is 26.2 Å². The van der Waals surface area contributed by atoms with Crippen molar-refractivity contribution in [3.05, 3.63) is 0 Å². The largest absolute Gasteiger partial charge is 0.458 e. The highest BCUT2D eigenvalue weighted by Crippen LogP contribution is 2.43. The summed E-state index contributed by atoms with van der Waals surface area (Å²) in [5.74, 6) is -0.714. The Hall–Kier alpha value is -1.41. The van der Waals surface area contributed by atoms with Crippen LogP contribution in [0.2, 0.25) is 18.1 Å². The van der Waals surface area contributed by atoms with E-state index in [0.29, 0.717) is 6.54 Å². The topological polar surface area (TPSA) is 82.1 Å². The highest BCUT2D eigenvalue weighted by molar-refractivity contribution is 6.74. The lowest BCUT2D eigenvalue weighted by Gasteiger charge is -2.48. The quantitative estimate of drug-likeness (QED) is 0.419. The van der Waals surface area contributed by atoms with E-state index < -0.39 is 25.5 Å². The van der Waals surface area contributed by atoms with Gasteiger partial charge in [-0.05, 0) is 58.7 Å². The van der Waals surface area contributed by atoms with E-state index in [0.717, 1.165) is 12.8 Å². The van der Waals surface area contributed by atoms with E-state index >= 15 is 0 Å². The molecule has 0 unspecified atom stereocenters. The Morgan fingerprint density at radius 1 is 1.03 bits per heavy atom. The van der Waals surface area contributed by atoms with Crippen LogP contribution in [0.25, 0.3) is 0 Å². The fourth-order valence-corrected chi connectivity index (χ4v) is 5.20. The van der Waals surface area contributed by atoms with Gasteiger partial charge >= 0.3 is 12.1 Å². The number of carbonyl (C=O) groups excluding carboxylic acids is 3. The van der Waals surface area contributed by atoms with Crippen molar-refractivity contribution in [2.75, 3.05) is 13.2 Å². The highest BCUT2D eigenvalue weighted by atomic mass is 28.4. The van der Waals surface area contributed by atoms with Crippen molar-refractivity contribution in [2.24, 2.45) is 0 Å². The summed E-state index contributed by atoms with van der Waals surface area (Å²) in [4.78, 5) is 38.4. The van der Waals surface area contributed by atoms with Gasteiger partial charge in [0.15, 0.2) is 14.1 Å². The third kappa shape index (κ3) is 7.37. The molecule has 1 aliphatic rings. The molecule has 0 N–H and O–H groups in total. The fourth-order valence-electron chi connectivity index (χ4n) is 3.52. The Morgan fingerprint density at radius 2 is 1.60 bits per heavy atom. The maximum atomic E-state index is 12.9. The van der Waals surface area contributed by atoms with Crippen LogP contribution < -0.4 is 0 Å². The Morgan fingerprint density at radius 3 is 2.07 bits per heavy atom. The molecular formula is C22H41NO6Si. The highest BCUT2D eigenvalue weighted by Gasteiger charge is 2.51. The lowest BCUT2D eigenvalue weighted by molar-refractivity contribution is -0.147. The van der Waals surface area contributed by atoms with Gasteiger partial charge in [0.1, 0.15) is 12.2 Å². The van der Waals surface area contributed by atoms with Crippen molar-refractivity contribution in [3.8, 4) is 0 Å². The molecule has 0 bridgehead atoms. The van der Waals surface area contributed by atoms with Crippen LogP contribution >= 0.6 is 0 Å². The van der Waals surface area contributed by atoms with Gasteiger partial charge in [0.25, 0.3) is 0 Å². The molecule has 0 saturated carbocycles. The molecule has 1 fully saturated rings. The number of likely N-dealkylation sites (tertiary alicyclic amines) is 1. The zero-order valence-electron chi connectivity index (χ0n) is 20.5. The van der Waals surface area contributed by atoms with E-state index in [4.69, 9.17) is 13.9 Å². The molecule has 7 nitrogen and oxygen atoms in total. The van der Waals surface area contributed by atoms with Gasteiger partial charge in [0.05, 0.1) is 11.6 Å². The number of hydrogen-bond acceptors (Lipinski definition) is 6. The maximum Gasteiger partial charge on any atom is 0.410 e. The minimum absolute atomic E-state index is 0.0662. The second-order valence-electron chi connectivity index (χ2n) is 11.0. The number of amides is 1. The number of Topliss-reactive ketones (excluding diaryl/α,β-unsaturated/α-hetero) is 1. The Kier molecular flexibility index (Phi) is 8.33. The molecular weight excluding hydrogens is 402 g/mol. The van der Waals surface area contributed by atoms with Gasteiger partial charge in [-0.2, -0.15) is 0 Å². The van der Waals surface area contributed by atoms with Gasteiger partial charge in [-0.3, -0.25) is 9.59 Å². The summed E-state index contributed by atoms with van der Waals surface area (Å²) in [6, 6.07) is -0.289. The molecule has 1 aliphatic heterocycles. The predicted octanol–water partition coefficient (Wildman–Crippen LogP) is 4.69. The number of rotatable bonds is 7. The number of ketones is 1. The molecule has 30 heavy (non-hydrogen) atoms. The molecule has 0 spiro atoms. The van der Waals surface area contributed by atoms with Crippen LogP contribution in [0.4, 0.5) is 4.79 Å². The smallest absolute Gasteiger partial charge is 0.410 e. The van der Waals surface area contributed by atoms with Gasteiger partial charge in [-0.25, -0.2) is 4.79 Å². The first-order chi connectivity index (χ1) is 13.4. The first-order valence-electron chi connectivity index (χ1n) is 10.7. The number of carbonyl (C=O) groups is 3. The molecule has 8 heteroatoms. The molecule has 0 aromatic rings. The van der Waals surface area contributed by atoms with Crippen LogP contribution in [0.1, 0.15) is 74.7 Å². The number of ether oxygens (including phenoxy) is 2. The lowest BCUT2D eigenvalue weighted by atomic mass is 9.89. The zero-order chi connectivity index (χ0) is 23.5. The van der Waals surface area contributed by atoms with Crippen molar-refractivity contribution in [3.63, 3.8) is 0 Å². The van der Waals surface area contributed by atoms with Crippen LogP contribution in [-0.4, -0.2) is 61.5 Å². The normalized spacial score (nSPS) is 19.9. The van der Waals surface area contributed by atoms with E-state index in [2.05, 4.69) is 33.9 Å². The molecule has 1 amide bonds. The van der Waals surface area contributed by atoms with Crippen molar-refractivity contribution < 1.29 is 28.3 Å². The number of hydrogen-bond donors (Lipinski definition) is 0. The van der Waals surface area contributed by atoms with Gasteiger partial charge in [-0.15, -0.1) is 0 Å². The van der Waals surface area contributed by atoms with Crippen LogP contribution in [-0.2, 0) is 23.5 Å². The summed E-state index contributed by atoms with van der Waals surface area (Å²) in [6.07, 6.45) is 1.22. The molecule has 1 saturated heterocycles. The summed E-state index contributed by atoms with van der Waals surface area (Å²) >= 11 is 0. The monoisotopic (exact) mass is 443 g/mol. The molecule has 1 rings (SSSR count). The molecule has 0 aromatic carbocycles. The van der Waals surface area contributed by atoms with E-state index in [1.807, 2.05) is 27.7 Å². The van der Waals surface area contributed by atoms with Crippen LogP contribution in [0.3, 0.4) is 0 Å². The molecule has 1 heterocycles. The summed E-state index contributed by atoms with van der Waals surface area (Å²) in [6.45, 7) is 19.7. The first kappa shape index (κ1) is 26.6. The maximum absolute atomic E-state index is 12.9. The van der Waals surface area contributed by atoms with Crippen LogP contribution in [0.5, 0.6) is 0 Å². The summed E-state index contributed by atoms with van der Waals surface area (Å²) in [7, 11) is -2.27. The first-order valence-corrected chi connectivity index (χ1v) is 13.6. The second-order valence-corrected chi connectivity index (χ2v) is 15.7. The number of nitrogens with zero attached hydrogens (tertiary/aromatic N) is 1. The van der Waals surface area contributed by atoms with Gasteiger partial charge < -0.3 is 18.8 Å². The van der Waals surface area contributed by atoms with Crippen LogP contribution in [0.15, 0.2) is 0 Å². The Balaban J connectivity index is 3.22. The van der Waals surface area contributed by atoms with Crippen molar-refractivity contribution in [1.29, 1.82) is 0 Å². The Labute approximate surface area is 182 Å². The molecule has 0 radical (unpaired) electrons. The van der Waals surface area contributed by atoms with Gasteiger partial charge in [-0.1, -0.05) is 20.8 Å². The average Bonchev–Trinajstić information content (AvgIpc) is 3.00. The number of esters is 1. The fraction of sp³-hybridized carbons (Fsp3) is 0.864. The van der Waals surface area contributed by atoms with Gasteiger partial charge in [0.2, 0.25) is 0 Å². The molecule has 174 valence electrons. The zero-order valence-corrected chi connectivity index (χ0v) is 21.5. The summed E-state index contributed by atoms with van der Waals surface area (Å²) in [5, 5.41) is -0.0669. The SMILES string of the molecule is CC(=O)OCC(=O)C[C@@](C)(O[Si](C)(C)C(C)(C)C)[C@@H]1CCCN1C(=O)OC(C)(C)C. The molecule has 2 atom stereocenters. The van der Waals surface area contributed by atoms with Crippen molar-refractivity contribution in [1.82, 2.24) is 4.90 Å². The molecule has 0 aliphatic carbocycles. The lowest BCUT2D eigenvalue weighted by Crippen LogP contribution is -2.59. The summed E-state index contributed by atoms with van der Waals surface area (Å²) in [5.41, 5.74) is -1.50. The van der Waals surface area contributed by atoms with Crippen molar-refractivity contribution in [2.45, 2.75) is 110 Å². The van der Waals surface area contributed by atoms with Crippen LogP contribution in [0, 0.1) is 0 Å². The van der Waals surface area contributed by atoms with E-state index in [1.54, 1.807) is 4.90 Å². The third-order valence-corrected chi connectivity index (χ3v) is 10.5. The minimum Gasteiger partial charge on any atom is -0.458 e. The standard InChI is InChI=1S/C22H41NO6Si/c1-16(24)27-15-17(25)14-22(8,29-30(9,10)21(5,6)7)18-12-11-13-23(18)19(26)28-20(2,3)4/h18H,11-15H2,1-10H3/t18-,22+/m0/s1. The predicted molar refractivity (Wildman–Crippen MR) is 119 cm³/mol. The summed E-state index contributed by atoms with van der Waals surface area (Å²) < 4.78 is 17.3. The van der Waals surface area contributed by atoms with E-state index in [1.165, 1.54) is 6.92 Å². The minimum atomic E-state index is -2.27. The second kappa shape index (κ2) is 9.38. The third-order valence-electron chi connectivity index (χ3n) is 5.86. The Bertz CT molecular complexity index is 649.